The van der Waals surface area contributed by atoms with E-state index >= 15 is 0 Å². The maximum Gasteiger partial charge on any atom is 0.126 e. The van der Waals surface area contributed by atoms with Gasteiger partial charge in [0.05, 0.1) is 0 Å². The predicted molar refractivity (Wildman–Crippen MR) is 59.3 cm³/mol. The lowest BCUT2D eigenvalue weighted by molar-refractivity contribution is 0.512. The van der Waals surface area contributed by atoms with E-state index in [2.05, 4.69) is 10.3 Å². The number of aromatic nitrogens is 1. The first-order valence-electron chi connectivity index (χ1n) is 4.22. The number of rotatable bonds is 4. The molecule has 3 nitrogen and oxygen atoms in total. The van der Waals surface area contributed by atoms with Crippen LogP contribution in [0.15, 0.2) is 12.1 Å². The Morgan fingerprint density at radius 1 is 1.64 bits per heavy atom. The number of aryl methyl sites for hydroxylation is 1. The fourth-order valence-electron chi connectivity index (χ4n) is 1.10. The quantitative estimate of drug-likeness (QED) is 0.742. The van der Waals surface area contributed by atoms with Crippen LogP contribution in [-0.2, 0) is 0 Å². The molecule has 0 atom stereocenters. The monoisotopic (exact) mass is 213 g/mol. The zero-order valence-electron chi connectivity index (χ0n) is 7.88. The molecule has 76 valence electrons. The van der Waals surface area contributed by atoms with E-state index in [4.69, 9.17) is 18.0 Å². The zero-order valence-corrected chi connectivity index (χ0v) is 8.70. The first-order valence-corrected chi connectivity index (χ1v) is 4.63. The highest BCUT2D eigenvalue weighted by atomic mass is 32.1. The van der Waals surface area contributed by atoms with Gasteiger partial charge in [-0.25, -0.2) is 9.37 Å². The summed E-state index contributed by atoms with van der Waals surface area (Å²) in [6.07, 6.45) is 0. The van der Waals surface area contributed by atoms with Crippen molar-refractivity contribution in [2.75, 3.05) is 18.5 Å². The summed E-state index contributed by atoms with van der Waals surface area (Å²) < 4.78 is 11.9. The van der Waals surface area contributed by atoms with E-state index in [-0.39, 0.29) is 6.54 Å². The van der Waals surface area contributed by atoms with Gasteiger partial charge < -0.3 is 11.1 Å². The van der Waals surface area contributed by atoms with Crippen molar-refractivity contribution in [3.63, 3.8) is 0 Å². The number of hydrogen-bond acceptors (Lipinski definition) is 3. The van der Waals surface area contributed by atoms with Crippen molar-refractivity contribution in [2.45, 2.75) is 6.92 Å². The average Bonchev–Trinajstić information content (AvgIpc) is 2.14. The van der Waals surface area contributed by atoms with Crippen LogP contribution in [0.25, 0.3) is 0 Å². The first-order chi connectivity index (χ1) is 6.65. The molecule has 14 heavy (non-hydrogen) atoms. The van der Waals surface area contributed by atoms with Crippen LogP contribution in [0.2, 0.25) is 0 Å². The minimum absolute atomic E-state index is 0.263. The van der Waals surface area contributed by atoms with Crippen molar-refractivity contribution in [2.24, 2.45) is 5.73 Å². The van der Waals surface area contributed by atoms with Gasteiger partial charge in [0.25, 0.3) is 0 Å². The molecule has 0 aromatic carbocycles. The number of halogens is 1. The lowest BCUT2D eigenvalue weighted by atomic mass is 10.2. The number of alkyl halides is 1. The van der Waals surface area contributed by atoms with E-state index in [0.29, 0.717) is 10.8 Å². The number of nitrogens with two attached hydrogens (primary N) is 1. The Hall–Kier alpha value is -1.23. The highest BCUT2D eigenvalue weighted by molar-refractivity contribution is 7.80. The molecule has 0 bridgehead atoms. The second-order valence-corrected chi connectivity index (χ2v) is 3.25. The first kappa shape index (κ1) is 10.8. The van der Waals surface area contributed by atoms with Gasteiger partial charge in [-0.2, -0.15) is 0 Å². The number of thiocarbonyl (C=S) groups is 1. The van der Waals surface area contributed by atoms with Crippen molar-refractivity contribution in [3.05, 3.63) is 23.4 Å². The summed E-state index contributed by atoms with van der Waals surface area (Å²) in [6.45, 7) is 1.66. The molecule has 3 N–H and O–H groups in total. The Balaban J connectivity index is 2.83. The van der Waals surface area contributed by atoms with Gasteiger partial charge in [0.1, 0.15) is 17.5 Å². The van der Waals surface area contributed by atoms with Crippen LogP contribution in [0, 0.1) is 6.92 Å². The molecule has 0 spiro atoms. The molecule has 5 heteroatoms. The highest BCUT2D eigenvalue weighted by Gasteiger charge is 2.03. The summed E-state index contributed by atoms with van der Waals surface area (Å²) in [5.74, 6) is 0.639. The SMILES string of the molecule is Cc1nc(NCCF)ccc1C(N)=S. The molecular formula is C9H12FN3S. The fraction of sp³-hybridized carbons (Fsp3) is 0.333. The van der Waals surface area contributed by atoms with Crippen LogP contribution in [0.1, 0.15) is 11.3 Å². The topological polar surface area (TPSA) is 50.9 Å². The molecule has 0 fully saturated rings. The number of hydrogen-bond donors (Lipinski definition) is 2. The second-order valence-electron chi connectivity index (χ2n) is 2.81. The maximum atomic E-state index is 11.9. The highest BCUT2D eigenvalue weighted by Crippen LogP contribution is 2.09. The van der Waals surface area contributed by atoms with Gasteiger partial charge in [0.15, 0.2) is 0 Å². The van der Waals surface area contributed by atoms with E-state index in [1.807, 2.05) is 6.92 Å². The van der Waals surface area contributed by atoms with Gasteiger partial charge in [-0.1, -0.05) is 12.2 Å². The lowest BCUT2D eigenvalue weighted by Gasteiger charge is -2.07. The largest absolute Gasteiger partial charge is 0.389 e. The molecule has 0 saturated heterocycles. The van der Waals surface area contributed by atoms with Crippen LogP contribution in [0.3, 0.4) is 0 Å². The molecule has 1 rings (SSSR count). The van der Waals surface area contributed by atoms with Gasteiger partial charge >= 0.3 is 0 Å². The van der Waals surface area contributed by atoms with Crippen LogP contribution in [0.5, 0.6) is 0 Å². The van der Waals surface area contributed by atoms with Crippen LogP contribution < -0.4 is 11.1 Å². The van der Waals surface area contributed by atoms with Gasteiger partial charge in [-0.3, -0.25) is 0 Å². The normalized spacial score (nSPS) is 9.86. The van der Waals surface area contributed by atoms with Crippen molar-refractivity contribution in [1.82, 2.24) is 4.98 Å². The third-order valence-corrected chi connectivity index (χ3v) is 1.97. The summed E-state index contributed by atoms with van der Waals surface area (Å²) in [5.41, 5.74) is 6.98. The van der Waals surface area contributed by atoms with E-state index in [9.17, 15) is 4.39 Å². The average molecular weight is 213 g/mol. The molecule has 0 aliphatic rings. The fourth-order valence-corrected chi connectivity index (χ4v) is 1.31. The molecule has 1 heterocycles. The lowest BCUT2D eigenvalue weighted by Crippen LogP contribution is -2.13. The van der Waals surface area contributed by atoms with E-state index in [0.717, 1.165) is 11.3 Å². The number of anilines is 1. The Bertz CT molecular complexity index is 341. The van der Waals surface area contributed by atoms with Crippen LogP contribution in [0.4, 0.5) is 10.2 Å². The maximum absolute atomic E-state index is 11.9. The Kier molecular flexibility index (Phi) is 3.76. The molecule has 1 aromatic heterocycles. The number of pyridine rings is 1. The Morgan fingerprint density at radius 2 is 2.36 bits per heavy atom. The van der Waals surface area contributed by atoms with Crippen LogP contribution >= 0.6 is 12.2 Å². The second kappa shape index (κ2) is 4.85. The summed E-state index contributed by atoms with van der Waals surface area (Å²) >= 11 is 4.84. The molecule has 0 aliphatic carbocycles. The summed E-state index contributed by atoms with van der Waals surface area (Å²) in [5, 5.41) is 2.83. The molecule has 0 aliphatic heterocycles. The molecule has 0 amide bonds. The van der Waals surface area contributed by atoms with Crippen LogP contribution in [-0.4, -0.2) is 23.2 Å². The Morgan fingerprint density at radius 3 is 2.86 bits per heavy atom. The van der Waals surface area contributed by atoms with E-state index < -0.39 is 6.67 Å². The van der Waals surface area contributed by atoms with Gasteiger partial charge in [0.2, 0.25) is 0 Å². The molecule has 1 aromatic rings. The minimum Gasteiger partial charge on any atom is -0.389 e. The third-order valence-electron chi connectivity index (χ3n) is 1.75. The van der Waals surface area contributed by atoms with Gasteiger partial charge in [-0.05, 0) is 19.1 Å². The molecule has 0 saturated carbocycles. The van der Waals surface area contributed by atoms with Gasteiger partial charge in [0, 0.05) is 17.8 Å². The van der Waals surface area contributed by atoms with E-state index in [1.54, 1.807) is 12.1 Å². The summed E-state index contributed by atoms with van der Waals surface area (Å²) in [6, 6.07) is 3.52. The Labute approximate surface area is 87.5 Å². The van der Waals surface area contributed by atoms with Gasteiger partial charge in [-0.15, -0.1) is 0 Å². The zero-order chi connectivity index (χ0) is 10.6. The van der Waals surface area contributed by atoms with Crippen molar-refractivity contribution in [1.29, 1.82) is 0 Å². The minimum atomic E-state index is -0.419. The summed E-state index contributed by atoms with van der Waals surface area (Å²) in [4.78, 5) is 4.51. The molecular weight excluding hydrogens is 201 g/mol. The third kappa shape index (κ3) is 2.63. The van der Waals surface area contributed by atoms with Crippen molar-refractivity contribution >= 4 is 23.0 Å². The molecule has 0 unspecified atom stereocenters. The smallest absolute Gasteiger partial charge is 0.126 e. The number of nitrogens with zero attached hydrogens (tertiary/aromatic N) is 1. The standard InChI is InChI=1S/C9H12FN3S/c1-6-7(9(11)14)2-3-8(13-6)12-5-4-10/h2-3H,4-5H2,1H3,(H2,11,14)(H,12,13). The van der Waals surface area contributed by atoms with Crippen molar-refractivity contribution < 1.29 is 4.39 Å². The van der Waals surface area contributed by atoms with Crippen molar-refractivity contribution in [3.8, 4) is 0 Å². The molecule has 0 radical (unpaired) electrons. The van der Waals surface area contributed by atoms with E-state index in [1.165, 1.54) is 0 Å². The predicted octanol–water partition coefficient (Wildman–Crippen LogP) is 1.41. The number of nitrogens with one attached hydrogen (secondary N) is 1. The summed E-state index contributed by atoms with van der Waals surface area (Å²) in [7, 11) is 0.